The lowest BCUT2D eigenvalue weighted by molar-refractivity contribution is -0.140. The van der Waals surface area contributed by atoms with Crippen molar-refractivity contribution >= 4 is 113 Å². The Kier molecular flexibility index (Phi) is 11.4. The number of thioether (sulfide) groups is 2. The Morgan fingerprint density at radius 3 is 2.10 bits per heavy atom. The Morgan fingerprint density at radius 1 is 0.863 bits per heavy atom. The van der Waals surface area contributed by atoms with E-state index >= 15 is 0 Å². The lowest BCUT2D eigenvalue weighted by Gasteiger charge is -2.20. The van der Waals surface area contributed by atoms with Crippen molar-refractivity contribution in [2.24, 2.45) is 0 Å². The minimum Gasteiger partial charge on any atom is -0.480 e. The number of thiazole rings is 2. The van der Waals surface area contributed by atoms with Crippen LogP contribution in [0.25, 0.3) is 10.5 Å². The number of aromatic nitrogens is 2. The van der Waals surface area contributed by atoms with Gasteiger partial charge in [0.05, 0.1) is 21.0 Å². The molecule has 5 rings (SSSR count). The van der Waals surface area contributed by atoms with Gasteiger partial charge in [-0.1, -0.05) is 54.8 Å². The van der Waals surface area contributed by atoms with E-state index < -0.39 is 70.4 Å². The third-order valence-electron chi connectivity index (χ3n) is 7.28. The van der Waals surface area contributed by atoms with Crippen LogP contribution in [-0.2, 0) is 42.4 Å². The Labute approximate surface area is 308 Å². The van der Waals surface area contributed by atoms with E-state index in [0.29, 0.717) is 33.7 Å². The van der Waals surface area contributed by atoms with E-state index in [1.807, 2.05) is 23.1 Å². The quantitative estimate of drug-likeness (QED) is 0.147. The summed E-state index contributed by atoms with van der Waals surface area (Å²) in [5, 5.41) is 29.2. The summed E-state index contributed by atoms with van der Waals surface area (Å²) in [6.45, 7) is -0.564. The Morgan fingerprint density at radius 2 is 1.49 bits per heavy atom. The van der Waals surface area contributed by atoms with Crippen molar-refractivity contribution in [1.82, 2.24) is 14.0 Å². The van der Waals surface area contributed by atoms with Gasteiger partial charge in [-0.05, 0) is 36.6 Å². The second-order valence-corrected chi connectivity index (χ2v) is 17.0. The van der Waals surface area contributed by atoms with Gasteiger partial charge >= 0.3 is 17.9 Å². The van der Waals surface area contributed by atoms with E-state index in [2.05, 4.69) is 0 Å². The number of aliphatic carboxylic acids is 3. The molecule has 2 aliphatic heterocycles. The highest BCUT2D eigenvalue weighted by Crippen LogP contribution is 2.46. The van der Waals surface area contributed by atoms with E-state index in [-0.39, 0.29) is 47.0 Å². The van der Waals surface area contributed by atoms with Crippen molar-refractivity contribution in [3.05, 3.63) is 74.5 Å². The van der Waals surface area contributed by atoms with Crippen LogP contribution in [0.1, 0.15) is 19.8 Å². The number of thiocarbonyl (C=S) groups is 1. The van der Waals surface area contributed by atoms with Crippen LogP contribution in [0.15, 0.2) is 49.9 Å². The summed E-state index contributed by atoms with van der Waals surface area (Å²) in [6.07, 6.45) is 2.06. The van der Waals surface area contributed by atoms with Crippen molar-refractivity contribution in [2.75, 3.05) is 23.7 Å². The second-order valence-electron chi connectivity index (χ2n) is 10.7. The van der Waals surface area contributed by atoms with Crippen LogP contribution in [0, 0.1) is 9.20 Å². The Bertz CT molecular complexity index is 2500. The highest BCUT2D eigenvalue weighted by atomic mass is 32.2. The van der Waals surface area contributed by atoms with Crippen LogP contribution < -0.4 is 25.2 Å². The molecule has 4 N–H and O–H groups in total. The summed E-state index contributed by atoms with van der Waals surface area (Å²) in [6, 6.07) is 7.32. The number of para-hydroxylation sites is 1. The summed E-state index contributed by atoms with van der Waals surface area (Å²) in [5.74, 6) is -5.54. The number of amides is 1. The summed E-state index contributed by atoms with van der Waals surface area (Å²) < 4.78 is 33.2. The van der Waals surface area contributed by atoms with Crippen LogP contribution >= 0.6 is 58.4 Å². The van der Waals surface area contributed by atoms with Gasteiger partial charge in [-0.25, -0.2) is 0 Å². The first-order chi connectivity index (χ1) is 24.0. The number of carboxylic acids is 3. The standard InChI is InChI=1S/C29H26N4O12S6/c1-2-14(10-17-30(8-5-9-51(43,44)45)15-6-3-4-7-16(15)47-17)21-24(40)31(11-18(34)35)27(48-21)22-25(41)32(12-19(36)37)28(49-22)23-26(42)33(13-20(38)39)29(46)50-23/h3-4,6-7,10H,2,5,8-9,11-13H2,1H3,(H,34,35)(H,36,37)(H,38,39)(H,43,44,45)/b17-10?,21-14?,27-22+,28-23?. The molecule has 0 radical (unpaired) electrons. The van der Waals surface area contributed by atoms with Gasteiger partial charge in [0.2, 0.25) is 0 Å². The van der Waals surface area contributed by atoms with E-state index in [0.717, 1.165) is 36.0 Å². The van der Waals surface area contributed by atoms with E-state index in [1.54, 1.807) is 19.1 Å². The number of carbonyl (C=O) groups excluding carboxylic acids is 1. The maximum absolute atomic E-state index is 13.9. The monoisotopic (exact) mass is 814 g/mol. The smallest absolute Gasteiger partial charge is 0.323 e. The topological polar surface area (TPSA) is 234 Å². The molecule has 0 spiro atoms. The molecule has 16 nitrogen and oxygen atoms in total. The first kappa shape index (κ1) is 38.2. The minimum atomic E-state index is -4.22. The Hall–Kier alpha value is -4.06. The molecule has 0 saturated carbocycles. The van der Waals surface area contributed by atoms with Gasteiger partial charge < -0.3 is 20.2 Å². The molecule has 51 heavy (non-hydrogen) atoms. The third kappa shape index (κ3) is 8.21. The highest BCUT2D eigenvalue weighted by Gasteiger charge is 2.35. The van der Waals surface area contributed by atoms with Gasteiger partial charge in [-0.15, -0.1) is 22.7 Å². The maximum Gasteiger partial charge on any atom is 0.323 e. The third-order valence-corrected chi connectivity index (χ3v) is 13.3. The van der Waals surface area contributed by atoms with Crippen LogP contribution in [-0.4, -0.2) is 89.3 Å². The zero-order chi connectivity index (χ0) is 37.4. The van der Waals surface area contributed by atoms with Gasteiger partial charge in [-0.2, -0.15) is 8.42 Å². The molecule has 0 atom stereocenters. The number of benzene rings is 1. The van der Waals surface area contributed by atoms with Gasteiger partial charge in [0, 0.05) is 11.4 Å². The van der Waals surface area contributed by atoms with Gasteiger partial charge in [0.25, 0.3) is 27.1 Å². The van der Waals surface area contributed by atoms with E-state index in [4.69, 9.17) is 12.2 Å². The van der Waals surface area contributed by atoms with Crippen LogP contribution in [0.3, 0.4) is 0 Å². The van der Waals surface area contributed by atoms with Crippen LogP contribution in [0.2, 0.25) is 0 Å². The van der Waals surface area contributed by atoms with Crippen molar-refractivity contribution in [2.45, 2.75) is 37.8 Å². The fourth-order valence-corrected chi connectivity index (χ4v) is 10.7. The average molecular weight is 815 g/mol. The second kappa shape index (κ2) is 15.3. The lowest BCUT2D eigenvalue weighted by Crippen LogP contribution is -2.35. The predicted octanol–water partition coefficient (Wildman–Crippen LogP) is 0.935. The summed E-state index contributed by atoms with van der Waals surface area (Å²) >= 11 is 8.66. The molecule has 1 amide bonds. The predicted molar refractivity (Wildman–Crippen MR) is 195 cm³/mol. The van der Waals surface area contributed by atoms with Gasteiger partial charge in [-0.3, -0.25) is 47.4 Å². The first-order valence-corrected chi connectivity index (χ1v) is 19.9. The van der Waals surface area contributed by atoms with Gasteiger partial charge in [0.15, 0.2) is 0 Å². The normalized spacial score (nSPS) is 17.7. The molecule has 2 aliphatic rings. The van der Waals surface area contributed by atoms with Crippen molar-refractivity contribution < 1.29 is 47.5 Å². The van der Waals surface area contributed by atoms with Crippen LogP contribution in [0.4, 0.5) is 5.69 Å². The van der Waals surface area contributed by atoms with Crippen molar-refractivity contribution in [3.63, 3.8) is 0 Å². The highest BCUT2D eigenvalue weighted by molar-refractivity contribution is 8.30. The maximum atomic E-state index is 13.9. The summed E-state index contributed by atoms with van der Waals surface area (Å²) in [5.41, 5.74) is -0.427. The molecular weight excluding hydrogens is 789 g/mol. The number of allylic oxidation sites excluding steroid dienone is 1. The fraction of sp³-hybridized carbons (Fsp3) is 0.276. The molecule has 3 aromatic rings. The van der Waals surface area contributed by atoms with Gasteiger partial charge in [0.1, 0.15) is 42.7 Å². The van der Waals surface area contributed by atoms with Crippen molar-refractivity contribution in [1.29, 1.82) is 0 Å². The van der Waals surface area contributed by atoms with Crippen molar-refractivity contribution in [3.8, 4) is 0 Å². The molecule has 22 heteroatoms. The minimum absolute atomic E-state index is 0.0857. The average Bonchev–Trinajstić information content (AvgIpc) is 3.73. The fourth-order valence-electron chi connectivity index (χ4n) is 5.13. The molecule has 0 aliphatic carbocycles. The largest absolute Gasteiger partial charge is 0.480 e. The SMILES string of the molecule is CCC(C=C1Sc2ccccc2N1CCCS(=O)(=O)O)=c1s/c(=c2/sc(=C3SC(=S)N(CC(=O)O)C3=O)n(CC(=O)O)c2=O)n(CC(=O)O)c1=O. The van der Waals surface area contributed by atoms with E-state index in [1.165, 1.54) is 11.8 Å². The first-order valence-electron chi connectivity index (χ1n) is 14.6. The molecule has 1 aromatic carbocycles. The molecule has 4 heterocycles. The number of hydrogen-bond acceptors (Lipinski definition) is 14. The zero-order valence-electron chi connectivity index (χ0n) is 26.1. The van der Waals surface area contributed by atoms with E-state index in [9.17, 15) is 57.1 Å². The molecule has 2 aromatic heterocycles. The Balaban J connectivity index is 1.79. The molecule has 1 saturated heterocycles. The number of nitrogens with zero attached hydrogens (tertiary/aromatic N) is 4. The summed E-state index contributed by atoms with van der Waals surface area (Å²) in [4.78, 5) is 79.4. The summed E-state index contributed by atoms with van der Waals surface area (Å²) in [7, 11) is -4.22. The number of anilines is 1. The molecule has 1 fully saturated rings. The number of rotatable bonds is 12. The zero-order valence-corrected chi connectivity index (χ0v) is 31.0. The molecular formula is C29H26N4O12S6. The molecule has 0 unspecified atom stereocenters. The number of fused-ring (bicyclic) bond motifs is 1. The number of hydrogen-bond donors (Lipinski definition) is 4. The molecule has 0 bridgehead atoms. The van der Waals surface area contributed by atoms with Crippen LogP contribution in [0.5, 0.6) is 0 Å². The number of carboxylic acid groups (broad SMARTS) is 3. The number of carbonyl (C=O) groups is 4. The molecule has 270 valence electrons. The lowest BCUT2D eigenvalue weighted by atomic mass is 10.2.